The van der Waals surface area contributed by atoms with Gasteiger partial charge >= 0.3 is 0 Å². The van der Waals surface area contributed by atoms with E-state index in [0.717, 1.165) is 23.2 Å². The van der Waals surface area contributed by atoms with Gasteiger partial charge in [0.05, 0.1) is 11.3 Å². The first-order valence-electron chi connectivity index (χ1n) is 5.45. The van der Waals surface area contributed by atoms with E-state index in [0.29, 0.717) is 5.88 Å². The summed E-state index contributed by atoms with van der Waals surface area (Å²) < 4.78 is 5.06. The molecule has 0 aliphatic rings. The molecule has 0 fully saturated rings. The van der Waals surface area contributed by atoms with Crippen LogP contribution >= 0.6 is 0 Å². The van der Waals surface area contributed by atoms with Crippen molar-refractivity contribution in [2.45, 2.75) is 27.2 Å². The minimum Gasteiger partial charge on any atom is -0.367 e. The van der Waals surface area contributed by atoms with Crippen LogP contribution in [0.2, 0.25) is 0 Å². The van der Waals surface area contributed by atoms with E-state index in [1.54, 1.807) is 0 Å². The van der Waals surface area contributed by atoms with Gasteiger partial charge in [0.2, 0.25) is 5.88 Å². The van der Waals surface area contributed by atoms with E-state index in [4.69, 9.17) is 10.3 Å². The molecule has 3 nitrogen and oxygen atoms in total. The average Bonchev–Trinajstić information content (AvgIpc) is 2.63. The lowest BCUT2D eigenvalue weighted by Gasteiger charge is -2.06. The summed E-state index contributed by atoms with van der Waals surface area (Å²) in [5.41, 5.74) is 11.2. The number of aromatic nitrogens is 1. The second-order valence-electron chi connectivity index (χ2n) is 4.04. The fourth-order valence-electron chi connectivity index (χ4n) is 1.87. The highest BCUT2D eigenvalue weighted by Crippen LogP contribution is 2.32. The summed E-state index contributed by atoms with van der Waals surface area (Å²) >= 11 is 0. The van der Waals surface area contributed by atoms with Crippen molar-refractivity contribution in [3.05, 3.63) is 35.0 Å². The van der Waals surface area contributed by atoms with E-state index >= 15 is 0 Å². The van der Waals surface area contributed by atoms with E-state index in [2.05, 4.69) is 37.2 Å². The van der Waals surface area contributed by atoms with Crippen LogP contribution in [0, 0.1) is 13.8 Å². The van der Waals surface area contributed by atoms with Gasteiger partial charge in [0, 0.05) is 0 Å². The predicted octanol–water partition coefficient (Wildman–Crippen LogP) is 3.10. The molecular weight excluding hydrogens is 200 g/mol. The Morgan fingerprint density at radius 1 is 1.31 bits per heavy atom. The van der Waals surface area contributed by atoms with Crippen LogP contribution in [0.5, 0.6) is 0 Å². The lowest BCUT2D eigenvalue weighted by molar-refractivity contribution is 0.428. The van der Waals surface area contributed by atoms with Crippen LogP contribution in [0.25, 0.3) is 11.1 Å². The van der Waals surface area contributed by atoms with Crippen molar-refractivity contribution < 1.29 is 4.52 Å². The minimum atomic E-state index is 0.408. The summed E-state index contributed by atoms with van der Waals surface area (Å²) in [6, 6.07) is 6.31. The summed E-state index contributed by atoms with van der Waals surface area (Å²) in [7, 11) is 0. The van der Waals surface area contributed by atoms with Gasteiger partial charge in [-0.1, -0.05) is 35.8 Å². The van der Waals surface area contributed by atoms with E-state index in [1.807, 2.05) is 6.92 Å². The molecule has 2 N–H and O–H groups in total. The summed E-state index contributed by atoms with van der Waals surface area (Å²) in [6.07, 6.45) is 0.823. The second-order valence-corrected chi connectivity index (χ2v) is 4.04. The molecule has 0 saturated carbocycles. The van der Waals surface area contributed by atoms with Gasteiger partial charge < -0.3 is 10.3 Å². The molecule has 2 rings (SSSR count). The highest BCUT2D eigenvalue weighted by atomic mass is 16.5. The number of hydrogen-bond acceptors (Lipinski definition) is 3. The van der Waals surface area contributed by atoms with Crippen molar-refractivity contribution in [2.75, 3.05) is 5.73 Å². The zero-order valence-electron chi connectivity index (χ0n) is 9.87. The third kappa shape index (κ3) is 1.69. The van der Waals surface area contributed by atoms with Crippen LogP contribution in [0.3, 0.4) is 0 Å². The molecule has 0 spiro atoms. The molecule has 0 amide bonds. The molecular formula is C13H16N2O. The van der Waals surface area contributed by atoms with E-state index in [-0.39, 0.29) is 0 Å². The Bertz CT molecular complexity index is 515. The highest BCUT2D eigenvalue weighted by molar-refractivity contribution is 5.77. The van der Waals surface area contributed by atoms with Crippen LogP contribution in [0.1, 0.15) is 23.7 Å². The Hall–Kier alpha value is -1.77. The largest absolute Gasteiger partial charge is 0.367 e. The summed E-state index contributed by atoms with van der Waals surface area (Å²) in [5, 5.41) is 3.98. The third-order valence-corrected chi connectivity index (χ3v) is 2.79. The molecule has 0 unspecified atom stereocenters. The van der Waals surface area contributed by atoms with Crippen molar-refractivity contribution >= 4 is 5.88 Å². The van der Waals surface area contributed by atoms with Crippen molar-refractivity contribution in [1.82, 2.24) is 5.16 Å². The molecule has 3 heteroatoms. The first-order valence-corrected chi connectivity index (χ1v) is 5.45. The molecule has 0 radical (unpaired) electrons. The monoisotopic (exact) mass is 216 g/mol. The Kier molecular flexibility index (Phi) is 2.69. The average molecular weight is 216 g/mol. The van der Waals surface area contributed by atoms with Gasteiger partial charge in [0.1, 0.15) is 0 Å². The summed E-state index contributed by atoms with van der Waals surface area (Å²) in [5.74, 6) is 0.408. The summed E-state index contributed by atoms with van der Waals surface area (Å²) in [6.45, 7) is 6.19. The normalized spacial score (nSPS) is 10.7. The van der Waals surface area contributed by atoms with Crippen molar-refractivity contribution in [2.24, 2.45) is 0 Å². The fourth-order valence-corrected chi connectivity index (χ4v) is 1.87. The van der Waals surface area contributed by atoms with Crippen molar-refractivity contribution in [1.29, 1.82) is 0 Å². The molecule has 84 valence electrons. The number of anilines is 1. The SMILES string of the molecule is CCc1noc(N)c1-c1cc(C)ccc1C. The lowest BCUT2D eigenvalue weighted by atomic mass is 9.97. The van der Waals surface area contributed by atoms with Gasteiger partial charge in [-0.15, -0.1) is 0 Å². The molecule has 0 bridgehead atoms. The number of nitrogens with two attached hydrogens (primary N) is 1. The minimum absolute atomic E-state index is 0.408. The third-order valence-electron chi connectivity index (χ3n) is 2.79. The number of nitrogen functional groups attached to an aromatic ring is 1. The predicted molar refractivity (Wildman–Crippen MR) is 65.2 cm³/mol. The zero-order valence-corrected chi connectivity index (χ0v) is 9.87. The Morgan fingerprint density at radius 3 is 2.75 bits per heavy atom. The first kappa shape index (κ1) is 10.7. The molecule has 0 atom stereocenters. The molecule has 16 heavy (non-hydrogen) atoms. The van der Waals surface area contributed by atoms with E-state index in [9.17, 15) is 0 Å². The highest BCUT2D eigenvalue weighted by Gasteiger charge is 2.15. The maximum absolute atomic E-state index is 5.84. The molecule has 1 heterocycles. The lowest BCUT2D eigenvalue weighted by Crippen LogP contribution is -1.92. The quantitative estimate of drug-likeness (QED) is 0.839. The molecule has 0 aliphatic heterocycles. The Labute approximate surface area is 95.3 Å². The number of nitrogens with zero attached hydrogens (tertiary/aromatic N) is 1. The maximum Gasteiger partial charge on any atom is 0.230 e. The number of aryl methyl sites for hydroxylation is 3. The smallest absolute Gasteiger partial charge is 0.230 e. The summed E-state index contributed by atoms with van der Waals surface area (Å²) in [4.78, 5) is 0. The maximum atomic E-state index is 5.84. The van der Waals surface area contributed by atoms with Crippen LogP contribution in [0.15, 0.2) is 22.7 Å². The molecule has 1 aromatic heterocycles. The van der Waals surface area contributed by atoms with Gasteiger partial charge in [-0.3, -0.25) is 0 Å². The van der Waals surface area contributed by atoms with Gasteiger partial charge in [0.15, 0.2) is 0 Å². The molecule has 2 aromatic rings. The van der Waals surface area contributed by atoms with Gasteiger partial charge in [-0.25, -0.2) is 0 Å². The van der Waals surface area contributed by atoms with Gasteiger partial charge in [0.25, 0.3) is 0 Å². The number of rotatable bonds is 2. The molecule has 0 aliphatic carbocycles. The number of hydrogen-bond donors (Lipinski definition) is 1. The first-order chi connectivity index (χ1) is 7.63. The van der Waals surface area contributed by atoms with Crippen molar-refractivity contribution in [3.63, 3.8) is 0 Å². The van der Waals surface area contributed by atoms with Crippen LogP contribution < -0.4 is 5.73 Å². The van der Waals surface area contributed by atoms with Gasteiger partial charge in [-0.05, 0) is 31.4 Å². The van der Waals surface area contributed by atoms with Crippen LogP contribution in [-0.2, 0) is 6.42 Å². The Morgan fingerprint density at radius 2 is 2.06 bits per heavy atom. The topological polar surface area (TPSA) is 52.0 Å². The molecule has 0 saturated heterocycles. The fraction of sp³-hybridized carbons (Fsp3) is 0.308. The van der Waals surface area contributed by atoms with Crippen molar-refractivity contribution in [3.8, 4) is 11.1 Å². The van der Waals surface area contributed by atoms with Crippen LogP contribution in [-0.4, -0.2) is 5.16 Å². The van der Waals surface area contributed by atoms with E-state index < -0.39 is 0 Å². The zero-order chi connectivity index (χ0) is 11.7. The standard InChI is InChI=1S/C13H16N2O/c1-4-11-12(13(14)16-15-11)10-7-8(2)5-6-9(10)3/h5-7H,4,14H2,1-3H3. The number of benzene rings is 1. The van der Waals surface area contributed by atoms with Gasteiger partial charge in [-0.2, -0.15) is 0 Å². The molecule has 1 aromatic carbocycles. The second kappa shape index (κ2) is 4.00. The van der Waals surface area contributed by atoms with E-state index in [1.165, 1.54) is 11.1 Å². The Balaban J connectivity index is 2.66. The van der Waals surface area contributed by atoms with Crippen LogP contribution in [0.4, 0.5) is 5.88 Å².